The van der Waals surface area contributed by atoms with Crippen molar-refractivity contribution in [2.45, 2.75) is 0 Å². The Labute approximate surface area is 131 Å². The van der Waals surface area contributed by atoms with Gasteiger partial charge < -0.3 is 10.5 Å². The maximum Gasteiger partial charge on any atom is 0.156 e. The van der Waals surface area contributed by atoms with Gasteiger partial charge in [0.2, 0.25) is 0 Å². The van der Waals surface area contributed by atoms with Crippen molar-refractivity contribution in [1.29, 1.82) is 0 Å². The third-order valence-corrected chi connectivity index (χ3v) is 3.44. The van der Waals surface area contributed by atoms with Crippen molar-refractivity contribution in [3.8, 4) is 22.7 Å². The molecule has 0 aliphatic rings. The molecule has 3 rings (SSSR count). The fourth-order valence-electron chi connectivity index (χ4n) is 2.08. The minimum atomic E-state index is -0.499. The van der Waals surface area contributed by atoms with Gasteiger partial charge in [-0.05, 0) is 42.5 Å². The number of aromatic nitrogens is 3. The van der Waals surface area contributed by atoms with Crippen molar-refractivity contribution in [2.24, 2.45) is 0 Å². The molecule has 0 aliphatic carbocycles. The lowest BCUT2D eigenvalue weighted by molar-refractivity contribution is 0.414. The third kappa shape index (κ3) is 2.48. The van der Waals surface area contributed by atoms with Crippen LogP contribution in [-0.2, 0) is 0 Å². The molecule has 0 saturated heterocycles. The lowest BCUT2D eigenvalue weighted by Gasteiger charge is -2.05. The zero-order chi connectivity index (χ0) is 15.7. The molecular weight excluding hydrogens is 307 g/mol. The summed E-state index contributed by atoms with van der Waals surface area (Å²) in [6.07, 6.45) is 0. The van der Waals surface area contributed by atoms with Gasteiger partial charge in [-0.15, -0.1) is 5.10 Å². The maximum absolute atomic E-state index is 14.0. The Morgan fingerprint density at radius 2 is 1.91 bits per heavy atom. The first kappa shape index (κ1) is 14.3. The topological polar surface area (TPSA) is 66.0 Å². The molecule has 0 aliphatic heterocycles. The maximum atomic E-state index is 14.0. The minimum absolute atomic E-state index is 0.242. The second-order valence-corrected chi connectivity index (χ2v) is 4.99. The van der Waals surface area contributed by atoms with Gasteiger partial charge in [-0.3, -0.25) is 0 Å². The Balaban J connectivity index is 2.04. The lowest BCUT2D eigenvalue weighted by atomic mass is 10.1. The number of rotatable bonds is 3. The fourth-order valence-corrected chi connectivity index (χ4v) is 2.24. The molecule has 0 unspecified atom stereocenters. The van der Waals surface area contributed by atoms with Crippen LogP contribution in [0.5, 0.6) is 5.75 Å². The Hall–Kier alpha value is -2.60. The second kappa shape index (κ2) is 5.65. The van der Waals surface area contributed by atoms with Crippen LogP contribution in [0.2, 0.25) is 5.02 Å². The van der Waals surface area contributed by atoms with Crippen LogP contribution in [0.1, 0.15) is 0 Å². The van der Waals surface area contributed by atoms with Crippen LogP contribution in [0.3, 0.4) is 0 Å². The SMILES string of the molecule is COc1ccc(-n2nnc(-c3ccc(Cl)cc3F)c2N)cc1. The summed E-state index contributed by atoms with van der Waals surface area (Å²) in [6, 6.07) is 11.4. The molecule has 1 aromatic heterocycles. The van der Waals surface area contributed by atoms with Gasteiger partial charge in [-0.25, -0.2) is 4.39 Å². The molecule has 0 fully saturated rings. The van der Waals surface area contributed by atoms with Gasteiger partial charge in [-0.1, -0.05) is 16.8 Å². The van der Waals surface area contributed by atoms with Gasteiger partial charge in [0.15, 0.2) is 5.82 Å². The van der Waals surface area contributed by atoms with E-state index in [1.165, 1.54) is 16.8 Å². The van der Waals surface area contributed by atoms with E-state index in [2.05, 4.69) is 10.3 Å². The predicted molar refractivity (Wildman–Crippen MR) is 82.7 cm³/mol. The highest BCUT2D eigenvalue weighted by Gasteiger charge is 2.16. The van der Waals surface area contributed by atoms with E-state index in [4.69, 9.17) is 22.1 Å². The summed E-state index contributed by atoms with van der Waals surface area (Å²) in [6.45, 7) is 0. The number of ether oxygens (including phenoxy) is 1. The Morgan fingerprint density at radius 3 is 2.55 bits per heavy atom. The largest absolute Gasteiger partial charge is 0.497 e. The molecule has 7 heteroatoms. The van der Waals surface area contributed by atoms with Gasteiger partial charge in [0.25, 0.3) is 0 Å². The molecule has 22 heavy (non-hydrogen) atoms. The average Bonchev–Trinajstić information content (AvgIpc) is 2.89. The molecule has 112 valence electrons. The van der Waals surface area contributed by atoms with Crippen LogP contribution >= 0.6 is 11.6 Å². The summed E-state index contributed by atoms with van der Waals surface area (Å²) in [5.74, 6) is 0.457. The van der Waals surface area contributed by atoms with Crippen molar-refractivity contribution >= 4 is 17.4 Å². The van der Waals surface area contributed by atoms with Crippen molar-refractivity contribution < 1.29 is 9.13 Å². The van der Waals surface area contributed by atoms with E-state index in [-0.39, 0.29) is 17.1 Å². The number of nitrogen functional groups attached to an aromatic ring is 1. The van der Waals surface area contributed by atoms with Crippen molar-refractivity contribution in [1.82, 2.24) is 15.0 Å². The average molecular weight is 319 g/mol. The van der Waals surface area contributed by atoms with Crippen LogP contribution in [0.25, 0.3) is 16.9 Å². The van der Waals surface area contributed by atoms with E-state index in [0.29, 0.717) is 16.5 Å². The normalized spacial score (nSPS) is 10.7. The van der Waals surface area contributed by atoms with Crippen molar-refractivity contribution in [3.05, 3.63) is 53.3 Å². The number of nitrogens with two attached hydrogens (primary N) is 1. The number of halogens is 2. The fraction of sp³-hybridized carbons (Fsp3) is 0.0667. The molecule has 1 heterocycles. The van der Waals surface area contributed by atoms with E-state index in [9.17, 15) is 4.39 Å². The van der Waals surface area contributed by atoms with Crippen LogP contribution in [0.4, 0.5) is 10.2 Å². The monoisotopic (exact) mass is 318 g/mol. The third-order valence-electron chi connectivity index (χ3n) is 3.21. The van der Waals surface area contributed by atoms with Crippen molar-refractivity contribution in [3.63, 3.8) is 0 Å². The highest BCUT2D eigenvalue weighted by atomic mass is 35.5. The highest BCUT2D eigenvalue weighted by Crippen LogP contribution is 2.29. The number of nitrogens with zero attached hydrogens (tertiary/aromatic N) is 3. The number of benzene rings is 2. The van der Waals surface area contributed by atoms with E-state index >= 15 is 0 Å². The Bertz CT molecular complexity index is 817. The number of hydrogen-bond acceptors (Lipinski definition) is 4. The van der Waals surface area contributed by atoms with E-state index in [0.717, 1.165) is 0 Å². The smallest absolute Gasteiger partial charge is 0.156 e. The summed E-state index contributed by atoms with van der Waals surface area (Å²) in [5, 5.41) is 8.26. The molecular formula is C15H12ClFN4O. The molecule has 0 saturated carbocycles. The quantitative estimate of drug-likeness (QED) is 0.804. The summed E-state index contributed by atoms with van der Waals surface area (Å²) in [7, 11) is 1.58. The molecule has 0 atom stereocenters. The number of methoxy groups -OCH3 is 1. The molecule has 3 aromatic rings. The van der Waals surface area contributed by atoms with Crippen LogP contribution in [0, 0.1) is 5.82 Å². The standard InChI is InChI=1S/C15H12ClFN4O/c1-22-11-5-3-10(4-6-11)21-15(18)14(19-20-21)12-7-2-9(16)8-13(12)17/h2-8H,18H2,1H3. The van der Waals surface area contributed by atoms with E-state index in [1.54, 1.807) is 37.4 Å². The predicted octanol–water partition coefficient (Wildman–Crippen LogP) is 3.32. The van der Waals surface area contributed by atoms with Gasteiger partial charge >= 0.3 is 0 Å². The molecule has 0 bridgehead atoms. The molecule has 0 spiro atoms. The van der Waals surface area contributed by atoms with Gasteiger partial charge in [0.1, 0.15) is 17.3 Å². The Morgan fingerprint density at radius 1 is 1.18 bits per heavy atom. The van der Waals surface area contributed by atoms with Gasteiger partial charge in [-0.2, -0.15) is 4.68 Å². The van der Waals surface area contributed by atoms with Gasteiger partial charge in [0, 0.05) is 10.6 Å². The Kier molecular flexibility index (Phi) is 3.68. The zero-order valence-corrected chi connectivity index (χ0v) is 12.4. The van der Waals surface area contributed by atoms with E-state index in [1.807, 2.05) is 0 Å². The summed E-state index contributed by atoms with van der Waals surface area (Å²) in [4.78, 5) is 0. The van der Waals surface area contributed by atoms with Gasteiger partial charge in [0.05, 0.1) is 12.8 Å². The van der Waals surface area contributed by atoms with Crippen LogP contribution in [-0.4, -0.2) is 22.1 Å². The molecule has 0 amide bonds. The second-order valence-electron chi connectivity index (χ2n) is 4.56. The van der Waals surface area contributed by atoms with E-state index < -0.39 is 5.82 Å². The molecule has 0 radical (unpaired) electrons. The molecule has 5 nitrogen and oxygen atoms in total. The summed E-state index contributed by atoms with van der Waals surface area (Å²) in [5.41, 5.74) is 7.27. The lowest BCUT2D eigenvalue weighted by Crippen LogP contribution is -2.02. The first-order valence-corrected chi connectivity index (χ1v) is 6.79. The summed E-state index contributed by atoms with van der Waals surface area (Å²) >= 11 is 5.75. The molecule has 2 N–H and O–H groups in total. The zero-order valence-electron chi connectivity index (χ0n) is 11.6. The van der Waals surface area contributed by atoms with Crippen LogP contribution in [0.15, 0.2) is 42.5 Å². The first-order chi connectivity index (χ1) is 10.6. The highest BCUT2D eigenvalue weighted by molar-refractivity contribution is 6.30. The first-order valence-electron chi connectivity index (χ1n) is 6.41. The number of hydrogen-bond donors (Lipinski definition) is 1. The van der Waals surface area contributed by atoms with Crippen molar-refractivity contribution in [2.75, 3.05) is 12.8 Å². The summed E-state index contributed by atoms with van der Waals surface area (Å²) < 4.78 is 20.5. The molecule has 2 aromatic carbocycles. The number of anilines is 1. The van der Waals surface area contributed by atoms with Crippen LogP contribution < -0.4 is 10.5 Å². The minimum Gasteiger partial charge on any atom is -0.497 e.